The third-order valence-electron chi connectivity index (χ3n) is 4.93. The molecular weight excluding hydrogens is 509 g/mol. The van der Waals surface area contributed by atoms with Gasteiger partial charge in [-0.3, -0.25) is 10.1 Å². The maximum absolute atomic E-state index is 12.7. The molecule has 0 fully saturated rings. The number of thiocarbonyl (C=S) groups is 1. The fourth-order valence-corrected chi connectivity index (χ4v) is 4.94. The van der Waals surface area contributed by atoms with Gasteiger partial charge in [-0.1, -0.05) is 48.7 Å². The van der Waals surface area contributed by atoms with Gasteiger partial charge in [-0.25, -0.2) is 4.98 Å². The molecule has 0 atom stereocenters. The van der Waals surface area contributed by atoms with E-state index in [0.717, 1.165) is 33.8 Å². The van der Waals surface area contributed by atoms with Gasteiger partial charge in [0.25, 0.3) is 5.91 Å². The van der Waals surface area contributed by atoms with Crippen molar-refractivity contribution in [3.05, 3.63) is 76.3 Å². The molecule has 5 nitrogen and oxygen atoms in total. The number of benzene rings is 3. The van der Waals surface area contributed by atoms with Gasteiger partial charge in [0.05, 0.1) is 27.5 Å². The molecule has 0 bridgehead atoms. The maximum Gasteiger partial charge on any atom is 0.257 e. The smallest absolute Gasteiger partial charge is 0.257 e. The summed E-state index contributed by atoms with van der Waals surface area (Å²) in [5.74, 6) is 0.378. The predicted octanol–water partition coefficient (Wildman–Crippen LogP) is 7.58. The number of unbranched alkanes of at least 4 members (excludes halogenated alkanes) is 1. The minimum absolute atomic E-state index is 0.111. The molecule has 4 aromatic rings. The third-order valence-corrected chi connectivity index (χ3v) is 6.72. The summed E-state index contributed by atoms with van der Waals surface area (Å²) in [6.07, 6.45) is 2.04. The number of rotatable bonds is 7. The average molecular weight is 531 g/mol. The Bertz CT molecular complexity index is 1310. The molecule has 1 aromatic heterocycles. The van der Waals surface area contributed by atoms with E-state index in [1.807, 2.05) is 24.3 Å². The van der Waals surface area contributed by atoms with Gasteiger partial charge < -0.3 is 10.1 Å². The lowest BCUT2D eigenvalue weighted by molar-refractivity contribution is 0.0977. The molecule has 0 saturated carbocycles. The Labute approximate surface area is 217 Å². The summed E-state index contributed by atoms with van der Waals surface area (Å²) in [5.41, 5.74) is 2.56. The number of thiazole rings is 1. The Kier molecular flexibility index (Phi) is 8.00. The molecule has 174 valence electrons. The van der Waals surface area contributed by atoms with Crippen LogP contribution in [-0.4, -0.2) is 22.6 Å². The maximum atomic E-state index is 12.7. The van der Waals surface area contributed by atoms with E-state index in [1.54, 1.807) is 36.4 Å². The minimum Gasteiger partial charge on any atom is -0.494 e. The number of nitrogens with one attached hydrogen (secondary N) is 2. The molecule has 4 rings (SSSR count). The van der Waals surface area contributed by atoms with E-state index in [9.17, 15) is 4.79 Å². The van der Waals surface area contributed by atoms with Crippen LogP contribution in [0.1, 0.15) is 30.1 Å². The van der Waals surface area contributed by atoms with E-state index in [2.05, 4.69) is 17.6 Å². The Balaban J connectivity index is 1.50. The van der Waals surface area contributed by atoms with Crippen LogP contribution in [0.4, 0.5) is 5.69 Å². The molecule has 0 radical (unpaired) electrons. The molecule has 9 heteroatoms. The van der Waals surface area contributed by atoms with Crippen molar-refractivity contribution in [3.63, 3.8) is 0 Å². The van der Waals surface area contributed by atoms with Crippen LogP contribution < -0.4 is 15.4 Å². The van der Waals surface area contributed by atoms with Crippen LogP contribution in [0.5, 0.6) is 5.75 Å². The number of para-hydroxylation sites is 1. The van der Waals surface area contributed by atoms with Gasteiger partial charge in [0.2, 0.25) is 0 Å². The summed E-state index contributed by atoms with van der Waals surface area (Å²) in [7, 11) is 0. The molecule has 34 heavy (non-hydrogen) atoms. The number of anilines is 1. The lowest BCUT2D eigenvalue weighted by Crippen LogP contribution is -2.34. The Morgan fingerprint density at radius 2 is 1.88 bits per heavy atom. The van der Waals surface area contributed by atoms with Gasteiger partial charge in [-0.15, -0.1) is 11.3 Å². The van der Waals surface area contributed by atoms with Gasteiger partial charge in [0.1, 0.15) is 10.8 Å². The lowest BCUT2D eigenvalue weighted by atomic mass is 10.2. The number of carbonyl (C=O) groups is 1. The molecule has 0 aliphatic heterocycles. The summed E-state index contributed by atoms with van der Waals surface area (Å²) < 4.78 is 6.68. The number of aromatic nitrogens is 1. The van der Waals surface area contributed by atoms with Crippen LogP contribution in [0.3, 0.4) is 0 Å². The average Bonchev–Trinajstić information content (AvgIpc) is 3.25. The van der Waals surface area contributed by atoms with Gasteiger partial charge in [-0.2, -0.15) is 0 Å². The molecule has 0 unspecified atom stereocenters. The molecule has 0 aliphatic rings. The molecule has 2 N–H and O–H groups in total. The molecule has 0 aliphatic carbocycles. The first-order valence-corrected chi connectivity index (χ1v) is 12.6. The summed E-state index contributed by atoms with van der Waals surface area (Å²) in [6, 6.07) is 18.2. The first-order chi connectivity index (χ1) is 16.4. The van der Waals surface area contributed by atoms with E-state index < -0.39 is 0 Å². The number of hydrogen-bond donors (Lipinski definition) is 2. The monoisotopic (exact) mass is 529 g/mol. The fraction of sp³-hybridized carbons (Fsp3) is 0.160. The number of amides is 1. The standard InChI is InChI=1S/C25H21Cl2N3O2S2/c1-2-3-12-32-17-10-8-15(9-11-17)23(31)30-25(33)29-22-18(13-16(26)14-19(22)27)24-28-20-6-4-5-7-21(20)34-24/h4-11,13-14H,2-3,12H2,1H3,(H2,29,30,31,33). The van der Waals surface area contributed by atoms with Gasteiger partial charge >= 0.3 is 0 Å². The van der Waals surface area contributed by atoms with Crippen molar-refractivity contribution < 1.29 is 9.53 Å². The second kappa shape index (κ2) is 11.1. The molecule has 0 saturated heterocycles. The second-order valence-electron chi connectivity index (χ2n) is 7.43. The summed E-state index contributed by atoms with van der Waals surface area (Å²) in [5, 5.41) is 7.43. The van der Waals surface area contributed by atoms with Crippen LogP contribution in [0.25, 0.3) is 20.8 Å². The molecule has 0 spiro atoms. The van der Waals surface area contributed by atoms with Crippen molar-refractivity contribution in [2.24, 2.45) is 0 Å². The highest BCUT2D eigenvalue weighted by Gasteiger charge is 2.17. The summed E-state index contributed by atoms with van der Waals surface area (Å²) in [6.45, 7) is 2.75. The van der Waals surface area contributed by atoms with E-state index in [-0.39, 0.29) is 11.0 Å². The van der Waals surface area contributed by atoms with Crippen molar-refractivity contribution in [1.82, 2.24) is 10.3 Å². The number of fused-ring (bicyclic) bond motifs is 1. The van der Waals surface area contributed by atoms with E-state index in [1.165, 1.54) is 11.3 Å². The molecule has 3 aromatic carbocycles. The van der Waals surface area contributed by atoms with Gasteiger partial charge in [0.15, 0.2) is 5.11 Å². The summed E-state index contributed by atoms with van der Waals surface area (Å²) in [4.78, 5) is 17.4. The van der Waals surface area contributed by atoms with Crippen molar-refractivity contribution >= 4 is 73.7 Å². The zero-order valence-corrected chi connectivity index (χ0v) is 21.4. The fourth-order valence-electron chi connectivity index (χ4n) is 3.21. The minimum atomic E-state index is -0.343. The molecular formula is C25H21Cl2N3O2S2. The van der Waals surface area contributed by atoms with Gasteiger partial charge in [-0.05, 0) is 67.2 Å². The Morgan fingerprint density at radius 1 is 1.12 bits per heavy atom. The molecule has 1 heterocycles. The first kappa shape index (κ1) is 24.4. The normalized spacial score (nSPS) is 10.8. The van der Waals surface area contributed by atoms with Crippen molar-refractivity contribution in [2.45, 2.75) is 19.8 Å². The summed E-state index contributed by atoms with van der Waals surface area (Å²) >= 11 is 19.7. The van der Waals surface area contributed by atoms with E-state index in [4.69, 9.17) is 45.1 Å². The highest BCUT2D eigenvalue weighted by molar-refractivity contribution is 7.80. The zero-order valence-electron chi connectivity index (χ0n) is 18.2. The number of carbonyl (C=O) groups excluding carboxylic acids is 1. The number of nitrogens with zero attached hydrogens (tertiary/aromatic N) is 1. The van der Waals surface area contributed by atoms with Gasteiger partial charge in [0, 0.05) is 16.1 Å². The van der Waals surface area contributed by atoms with E-state index >= 15 is 0 Å². The van der Waals surface area contributed by atoms with Crippen LogP contribution in [0.15, 0.2) is 60.7 Å². The first-order valence-electron chi connectivity index (χ1n) is 10.6. The third kappa shape index (κ3) is 5.85. The highest BCUT2D eigenvalue weighted by atomic mass is 35.5. The number of hydrogen-bond acceptors (Lipinski definition) is 5. The van der Waals surface area contributed by atoms with Crippen LogP contribution in [-0.2, 0) is 0 Å². The molecule has 1 amide bonds. The SMILES string of the molecule is CCCCOc1ccc(C(=O)NC(=S)Nc2c(Cl)cc(Cl)cc2-c2nc3ccccc3s2)cc1. The quantitative estimate of drug-likeness (QED) is 0.191. The van der Waals surface area contributed by atoms with Crippen LogP contribution in [0, 0.1) is 0 Å². The van der Waals surface area contributed by atoms with Crippen LogP contribution in [0.2, 0.25) is 10.0 Å². The Morgan fingerprint density at radius 3 is 2.62 bits per heavy atom. The zero-order chi connectivity index (χ0) is 24.1. The number of ether oxygens (including phenoxy) is 1. The van der Waals surface area contributed by atoms with Crippen molar-refractivity contribution in [1.29, 1.82) is 0 Å². The van der Waals surface area contributed by atoms with E-state index in [0.29, 0.717) is 33.5 Å². The highest BCUT2D eigenvalue weighted by Crippen LogP contribution is 2.40. The second-order valence-corrected chi connectivity index (χ2v) is 9.71. The topological polar surface area (TPSA) is 63.2 Å². The largest absolute Gasteiger partial charge is 0.494 e. The van der Waals surface area contributed by atoms with Crippen molar-refractivity contribution in [2.75, 3.05) is 11.9 Å². The van der Waals surface area contributed by atoms with Crippen LogP contribution >= 0.6 is 46.8 Å². The number of halogens is 2. The predicted molar refractivity (Wildman–Crippen MR) is 146 cm³/mol. The lowest BCUT2D eigenvalue weighted by Gasteiger charge is -2.15. The Hall–Kier alpha value is -2.71. The van der Waals surface area contributed by atoms with Crippen molar-refractivity contribution in [3.8, 4) is 16.3 Å².